The van der Waals surface area contributed by atoms with Gasteiger partial charge in [-0.3, -0.25) is 9.59 Å². The van der Waals surface area contributed by atoms with Gasteiger partial charge in [0.2, 0.25) is 0 Å². The van der Waals surface area contributed by atoms with Gasteiger partial charge < -0.3 is 14.6 Å². The highest BCUT2D eigenvalue weighted by molar-refractivity contribution is 6.34. The predicted octanol–water partition coefficient (Wildman–Crippen LogP) is 3.63. The maximum atomic E-state index is 13.2. The van der Waals surface area contributed by atoms with Crippen molar-refractivity contribution >= 4 is 23.2 Å². The first-order valence-electron chi connectivity index (χ1n) is 8.17. The van der Waals surface area contributed by atoms with Crippen LogP contribution in [0, 0.1) is 5.82 Å². The van der Waals surface area contributed by atoms with Crippen LogP contribution in [-0.4, -0.2) is 17.1 Å². The molecule has 1 aromatic carbocycles. The smallest absolute Gasteiger partial charge is 0.261 e. The zero-order valence-corrected chi connectivity index (χ0v) is 14.5. The van der Waals surface area contributed by atoms with Crippen molar-refractivity contribution in [3.8, 4) is 5.75 Å². The fourth-order valence-electron chi connectivity index (χ4n) is 3.03. The Morgan fingerprint density at radius 3 is 2.88 bits per heavy atom. The Morgan fingerprint density at radius 1 is 1.36 bits per heavy atom. The molecule has 1 aromatic heterocycles. The van der Waals surface area contributed by atoms with E-state index in [-0.39, 0.29) is 16.3 Å². The summed E-state index contributed by atoms with van der Waals surface area (Å²) in [6.45, 7) is 2.70. The Morgan fingerprint density at radius 2 is 2.16 bits per heavy atom. The molecule has 1 N–H and O–H groups in total. The predicted molar refractivity (Wildman–Crippen MR) is 94.2 cm³/mol. The third kappa shape index (κ3) is 3.54. The number of anilines is 1. The van der Waals surface area contributed by atoms with Gasteiger partial charge >= 0.3 is 0 Å². The van der Waals surface area contributed by atoms with E-state index in [4.69, 9.17) is 16.3 Å². The van der Waals surface area contributed by atoms with Crippen molar-refractivity contribution < 1.29 is 13.9 Å². The topological polar surface area (TPSA) is 60.3 Å². The number of pyridine rings is 1. The van der Waals surface area contributed by atoms with E-state index < -0.39 is 11.7 Å². The minimum Gasteiger partial charge on any atom is -0.493 e. The Kier molecular flexibility index (Phi) is 5.08. The van der Waals surface area contributed by atoms with Crippen LogP contribution in [0.2, 0.25) is 5.02 Å². The second-order valence-electron chi connectivity index (χ2n) is 5.79. The molecule has 3 rings (SSSR count). The van der Waals surface area contributed by atoms with E-state index in [0.717, 1.165) is 18.9 Å². The summed E-state index contributed by atoms with van der Waals surface area (Å²) in [5.74, 6) is -0.652. The molecule has 7 heteroatoms. The molecule has 2 heterocycles. The molecule has 1 aliphatic heterocycles. The summed E-state index contributed by atoms with van der Waals surface area (Å²) in [5.41, 5.74) is 1.13. The molecule has 1 amide bonds. The van der Waals surface area contributed by atoms with E-state index in [1.54, 1.807) is 11.5 Å². The largest absolute Gasteiger partial charge is 0.493 e. The molecular formula is C18H18ClFN2O3. The van der Waals surface area contributed by atoms with Crippen molar-refractivity contribution in [3.63, 3.8) is 0 Å². The summed E-state index contributed by atoms with van der Waals surface area (Å²) < 4.78 is 20.3. The van der Waals surface area contributed by atoms with Crippen LogP contribution in [0.5, 0.6) is 5.75 Å². The molecule has 0 spiro atoms. The molecule has 0 fully saturated rings. The first-order valence-corrected chi connectivity index (χ1v) is 8.55. The van der Waals surface area contributed by atoms with Crippen LogP contribution < -0.4 is 15.6 Å². The molecule has 0 radical (unpaired) electrons. The molecule has 1 aliphatic rings. The lowest BCUT2D eigenvalue weighted by atomic mass is 10.0. The van der Waals surface area contributed by atoms with Crippen LogP contribution in [-0.2, 0) is 13.0 Å². The second-order valence-corrected chi connectivity index (χ2v) is 6.20. The molecule has 0 unspecified atom stereocenters. The normalized spacial score (nSPS) is 13.2. The molecule has 2 aromatic rings. The van der Waals surface area contributed by atoms with Gasteiger partial charge in [-0.05, 0) is 44.4 Å². The zero-order valence-electron chi connectivity index (χ0n) is 13.8. The highest BCUT2D eigenvalue weighted by atomic mass is 35.5. The van der Waals surface area contributed by atoms with E-state index in [1.807, 2.05) is 0 Å². The second kappa shape index (κ2) is 7.27. The summed E-state index contributed by atoms with van der Waals surface area (Å²) in [6.07, 6.45) is 2.41. The third-order valence-corrected chi connectivity index (χ3v) is 4.45. The SMILES string of the molecule is CCOc1cc(=O)n2c(c1C(=O)Nc1ccc(F)cc1Cl)CCCC2. The first-order chi connectivity index (χ1) is 12.0. The highest BCUT2D eigenvalue weighted by Gasteiger charge is 2.24. The van der Waals surface area contributed by atoms with E-state index in [0.29, 0.717) is 36.5 Å². The average molecular weight is 365 g/mol. The Labute approximate surface area is 149 Å². The van der Waals surface area contributed by atoms with Gasteiger partial charge in [-0.2, -0.15) is 0 Å². The van der Waals surface area contributed by atoms with Gasteiger partial charge in [0.1, 0.15) is 17.1 Å². The van der Waals surface area contributed by atoms with E-state index >= 15 is 0 Å². The molecule has 132 valence electrons. The molecule has 0 bridgehead atoms. The van der Waals surface area contributed by atoms with E-state index in [1.165, 1.54) is 18.2 Å². The molecule has 25 heavy (non-hydrogen) atoms. The molecular weight excluding hydrogens is 347 g/mol. The molecule has 5 nitrogen and oxygen atoms in total. The number of nitrogens with one attached hydrogen (secondary N) is 1. The molecule has 0 saturated carbocycles. The standard InChI is InChI=1S/C18H18ClFN2O3/c1-2-25-15-10-16(23)22-8-4-3-5-14(22)17(15)18(24)21-13-7-6-11(20)9-12(13)19/h6-7,9-10H,2-5,8H2,1H3,(H,21,24). The fourth-order valence-corrected chi connectivity index (χ4v) is 3.24. The van der Waals surface area contributed by atoms with Crippen LogP contribution in [0.3, 0.4) is 0 Å². The van der Waals surface area contributed by atoms with Crippen LogP contribution in [0.15, 0.2) is 29.1 Å². The van der Waals surface area contributed by atoms with E-state index in [2.05, 4.69) is 5.32 Å². The molecule has 0 saturated heterocycles. The van der Waals surface area contributed by atoms with Gasteiger partial charge in [0.05, 0.1) is 17.3 Å². The molecule has 0 atom stereocenters. The van der Waals surface area contributed by atoms with Gasteiger partial charge in [-0.1, -0.05) is 11.6 Å². The lowest BCUT2D eigenvalue weighted by Crippen LogP contribution is -2.31. The highest BCUT2D eigenvalue weighted by Crippen LogP contribution is 2.28. The average Bonchev–Trinajstić information content (AvgIpc) is 2.58. The summed E-state index contributed by atoms with van der Waals surface area (Å²) in [6, 6.07) is 5.10. The number of hydrogen-bond acceptors (Lipinski definition) is 3. The summed E-state index contributed by atoms with van der Waals surface area (Å²) in [4.78, 5) is 25.1. The van der Waals surface area contributed by atoms with Crippen molar-refractivity contribution in [2.45, 2.75) is 32.7 Å². The number of fused-ring (bicyclic) bond motifs is 1. The van der Waals surface area contributed by atoms with Crippen molar-refractivity contribution in [2.24, 2.45) is 0 Å². The monoisotopic (exact) mass is 364 g/mol. The third-order valence-electron chi connectivity index (χ3n) is 4.13. The van der Waals surface area contributed by atoms with Crippen LogP contribution in [0.25, 0.3) is 0 Å². The first kappa shape index (κ1) is 17.5. The van der Waals surface area contributed by atoms with Gasteiger partial charge in [0, 0.05) is 18.3 Å². The number of nitrogens with zero attached hydrogens (tertiary/aromatic N) is 1. The number of aromatic nitrogens is 1. The van der Waals surface area contributed by atoms with Crippen molar-refractivity contribution in [2.75, 3.05) is 11.9 Å². The number of rotatable bonds is 4. The number of carbonyl (C=O) groups excluding carboxylic acids is 1. The van der Waals surface area contributed by atoms with Crippen molar-refractivity contribution in [1.29, 1.82) is 0 Å². The minimum atomic E-state index is -0.485. The summed E-state index contributed by atoms with van der Waals surface area (Å²) in [5, 5.41) is 2.79. The maximum absolute atomic E-state index is 13.2. The Bertz CT molecular complexity index is 879. The van der Waals surface area contributed by atoms with Gasteiger partial charge in [-0.25, -0.2) is 4.39 Å². The molecule has 0 aliphatic carbocycles. The van der Waals surface area contributed by atoms with Crippen LogP contribution >= 0.6 is 11.6 Å². The number of ether oxygens (including phenoxy) is 1. The number of benzene rings is 1. The number of halogens is 2. The Balaban J connectivity index is 2.05. The zero-order chi connectivity index (χ0) is 18.0. The number of hydrogen-bond donors (Lipinski definition) is 1. The quantitative estimate of drug-likeness (QED) is 0.901. The minimum absolute atomic E-state index is 0.105. The van der Waals surface area contributed by atoms with Crippen molar-refractivity contribution in [1.82, 2.24) is 4.57 Å². The lowest BCUT2D eigenvalue weighted by molar-refractivity contribution is 0.102. The summed E-state index contributed by atoms with van der Waals surface area (Å²) in [7, 11) is 0. The maximum Gasteiger partial charge on any atom is 0.261 e. The summed E-state index contributed by atoms with van der Waals surface area (Å²) >= 11 is 5.99. The van der Waals surface area contributed by atoms with Crippen molar-refractivity contribution in [3.05, 3.63) is 56.7 Å². The lowest BCUT2D eigenvalue weighted by Gasteiger charge is -2.23. The van der Waals surface area contributed by atoms with Crippen LogP contribution in [0.1, 0.15) is 35.8 Å². The fraction of sp³-hybridized carbons (Fsp3) is 0.333. The number of amides is 1. The Hall–Kier alpha value is -2.34. The van der Waals surface area contributed by atoms with Gasteiger partial charge in [0.15, 0.2) is 0 Å². The van der Waals surface area contributed by atoms with E-state index in [9.17, 15) is 14.0 Å². The van der Waals surface area contributed by atoms with Gasteiger partial charge in [-0.15, -0.1) is 0 Å². The number of carbonyl (C=O) groups is 1. The van der Waals surface area contributed by atoms with Gasteiger partial charge in [0.25, 0.3) is 11.5 Å². The van der Waals surface area contributed by atoms with Crippen LogP contribution in [0.4, 0.5) is 10.1 Å².